The highest BCUT2D eigenvalue weighted by Crippen LogP contribution is 2.24. The van der Waals surface area contributed by atoms with Gasteiger partial charge < -0.3 is 4.74 Å². The number of nitro groups is 1. The molecule has 1 heterocycles. The molecule has 3 N–H and O–H groups in total. The van der Waals surface area contributed by atoms with Crippen LogP contribution in [0.25, 0.3) is 0 Å². The molecule has 0 aliphatic heterocycles. The standard InChI is InChI=1S/C11H19N5O3/c1-2-3-4-5-6-7-19-10-9(16(17)18)8-13-11(14-10)15-12/h8H,2-7,12H2,1H3,(H,13,14,15). The van der Waals surface area contributed by atoms with E-state index in [1.807, 2.05) is 0 Å². The SMILES string of the molecule is CCCCCCCOc1nc(NN)ncc1[N+](=O)[O-]. The third kappa shape index (κ3) is 5.04. The minimum atomic E-state index is -0.577. The number of nitrogens with two attached hydrogens (primary N) is 1. The van der Waals surface area contributed by atoms with Gasteiger partial charge in [-0.15, -0.1) is 0 Å². The van der Waals surface area contributed by atoms with Crippen molar-refractivity contribution in [3.63, 3.8) is 0 Å². The number of nitrogens with zero attached hydrogens (tertiary/aromatic N) is 3. The van der Waals surface area contributed by atoms with Gasteiger partial charge in [-0.1, -0.05) is 32.6 Å². The monoisotopic (exact) mass is 269 g/mol. The van der Waals surface area contributed by atoms with Gasteiger partial charge in [0.15, 0.2) is 0 Å². The second kappa shape index (κ2) is 8.20. The number of hydrazine groups is 1. The zero-order chi connectivity index (χ0) is 14.1. The van der Waals surface area contributed by atoms with Gasteiger partial charge >= 0.3 is 5.69 Å². The molecule has 8 heteroatoms. The summed E-state index contributed by atoms with van der Waals surface area (Å²) in [5, 5.41) is 10.8. The highest BCUT2D eigenvalue weighted by Gasteiger charge is 2.18. The molecule has 0 spiro atoms. The number of nitrogen functional groups attached to an aromatic ring is 1. The Morgan fingerprint density at radius 1 is 1.42 bits per heavy atom. The first kappa shape index (κ1) is 15.1. The first-order valence-electron chi connectivity index (χ1n) is 6.30. The third-order valence-electron chi connectivity index (χ3n) is 2.55. The molecule has 0 atom stereocenters. The summed E-state index contributed by atoms with van der Waals surface area (Å²) in [6.45, 7) is 2.54. The van der Waals surface area contributed by atoms with Crippen LogP contribution in [-0.2, 0) is 0 Å². The predicted molar refractivity (Wildman–Crippen MR) is 70.8 cm³/mol. The zero-order valence-electron chi connectivity index (χ0n) is 11.0. The number of ether oxygens (including phenoxy) is 1. The van der Waals surface area contributed by atoms with Crippen LogP contribution < -0.4 is 16.0 Å². The van der Waals surface area contributed by atoms with E-state index in [4.69, 9.17) is 10.6 Å². The molecule has 1 aromatic rings. The summed E-state index contributed by atoms with van der Waals surface area (Å²) in [6.07, 6.45) is 6.45. The van der Waals surface area contributed by atoms with Crippen LogP contribution in [-0.4, -0.2) is 21.5 Å². The average molecular weight is 269 g/mol. The van der Waals surface area contributed by atoms with E-state index in [1.165, 1.54) is 12.8 Å². The molecule has 8 nitrogen and oxygen atoms in total. The van der Waals surface area contributed by atoms with E-state index in [0.29, 0.717) is 6.61 Å². The van der Waals surface area contributed by atoms with Crippen LogP contribution in [0.2, 0.25) is 0 Å². The highest BCUT2D eigenvalue weighted by molar-refractivity contribution is 5.42. The molecule has 1 aromatic heterocycles. The van der Waals surface area contributed by atoms with Gasteiger partial charge in [-0.25, -0.2) is 10.8 Å². The van der Waals surface area contributed by atoms with E-state index in [2.05, 4.69) is 22.3 Å². The zero-order valence-corrected chi connectivity index (χ0v) is 11.0. The second-order valence-electron chi connectivity index (χ2n) is 4.05. The van der Waals surface area contributed by atoms with Crippen LogP contribution in [0.1, 0.15) is 39.0 Å². The van der Waals surface area contributed by atoms with Gasteiger partial charge in [0.1, 0.15) is 6.20 Å². The van der Waals surface area contributed by atoms with Gasteiger partial charge in [0.05, 0.1) is 11.5 Å². The Morgan fingerprint density at radius 3 is 2.79 bits per heavy atom. The molecule has 0 aliphatic rings. The topological polar surface area (TPSA) is 116 Å². The second-order valence-corrected chi connectivity index (χ2v) is 4.05. The largest absolute Gasteiger partial charge is 0.473 e. The fourth-order valence-corrected chi connectivity index (χ4v) is 1.54. The Labute approximate surface area is 111 Å². The van der Waals surface area contributed by atoms with Crippen LogP contribution in [0.4, 0.5) is 11.6 Å². The Kier molecular flexibility index (Phi) is 6.51. The molecule has 0 saturated carbocycles. The number of unbranched alkanes of at least 4 members (excludes halogenated alkanes) is 4. The van der Waals surface area contributed by atoms with Crippen LogP contribution in [0, 0.1) is 10.1 Å². The smallest absolute Gasteiger partial charge is 0.349 e. The van der Waals surface area contributed by atoms with Gasteiger partial charge in [0.2, 0.25) is 5.95 Å². The van der Waals surface area contributed by atoms with E-state index >= 15 is 0 Å². The molecule has 19 heavy (non-hydrogen) atoms. The summed E-state index contributed by atoms with van der Waals surface area (Å²) >= 11 is 0. The molecule has 0 unspecified atom stereocenters. The lowest BCUT2D eigenvalue weighted by Gasteiger charge is -2.06. The summed E-state index contributed by atoms with van der Waals surface area (Å²) in [4.78, 5) is 17.7. The van der Waals surface area contributed by atoms with Crippen molar-refractivity contribution in [2.24, 2.45) is 5.84 Å². The van der Waals surface area contributed by atoms with Crippen molar-refractivity contribution in [3.05, 3.63) is 16.3 Å². The lowest BCUT2D eigenvalue weighted by Crippen LogP contribution is -2.12. The van der Waals surface area contributed by atoms with Gasteiger partial charge in [-0.05, 0) is 6.42 Å². The fraction of sp³-hybridized carbons (Fsp3) is 0.636. The van der Waals surface area contributed by atoms with E-state index in [0.717, 1.165) is 25.5 Å². The van der Waals surface area contributed by atoms with Crippen molar-refractivity contribution in [2.45, 2.75) is 39.0 Å². The average Bonchev–Trinajstić information content (AvgIpc) is 2.42. The molecule has 1 rings (SSSR count). The fourth-order valence-electron chi connectivity index (χ4n) is 1.54. The van der Waals surface area contributed by atoms with E-state index < -0.39 is 4.92 Å². The summed E-state index contributed by atoms with van der Waals surface area (Å²) in [7, 11) is 0. The predicted octanol–water partition coefficient (Wildman–Crippen LogP) is 2.02. The number of hydrogen-bond donors (Lipinski definition) is 2. The maximum absolute atomic E-state index is 10.8. The molecule has 0 saturated heterocycles. The first-order chi connectivity index (χ1) is 9.19. The van der Waals surface area contributed by atoms with Gasteiger partial charge in [-0.2, -0.15) is 4.98 Å². The number of hydrogen-bond acceptors (Lipinski definition) is 7. The maximum atomic E-state index is 10.8. The minimum Gasteiger partial charge on any atom is -0.473 e. The lowest BCUT2D eigenvalue weighted by atomic mass is 10.2. The summed E-state index contributed by atoms with van der Waals surface area (Å²) in [6, 6.07) is 0. The number of aromatic nitrogens is 2. The number of rotatable bonds is 9. The third-order valence-corrected chi connectivity index (χ3v) is 2.55. The number of nitrogens with one attached hydrogen (secondary N) is 1. The van der Waals surface area contributed by atoms with E-state index in [9.17, 15) is 10.1 Å². The molecular weight excluding hydrogens is 250 g/mol. The van der Waals surface area contributed by atoms with Crippen molar-refractivity contribution in [1.82, 2.24) is 9.97 Å². The molecule has 0 fully saturated rings. The van der Waals surface area contributed by atoms with Crippen LogP contribution in [0.5, 0.6) is 5.88 Å². The van der Waals surface area contributed by atoms with E-state index in [1.54, 1.807) is 0 Å². The Balaban J connectivity index is 2.52. The molecule has 0 amide bonds. The summed E-state index contributed by atoms with van der Waals surface area (Å²) < 4.78 is 5.33. The van der Waals surface area contributed by atoms with Gasteiger partial charge in [-0.3, -0.25) is 15.5 Å². The molecule has 0 aliphatic carbocycles. The Morgan fingerprint density at radius 2 is 2.16 bits per heavy atom. The quantitative estimate of drug-likeness (QED) is 0.305. The van der Waals surface area contributed by atoms with Crippen molar-refractivity contribution in [1.29, 1.82) is 0 Å². The van der Waals surface area contributed by atoms with Crippen molar-refractivity contribution < 1.29 is 9.66 Å². The maximum Gasteiger partial charge on any atom is 0.349 e. The normalized spacial score (nSPS) is 10.2. The Hall–Kier alpha value is -1.96. The van der Waals surface area contributed by atoms with Crippen LogP contribution >= 0.6 is 0 Å². The van der Waals surface area contributed by atoms with Crippen LogP contribution in [0.15, 0.2) is 6.20 Å². The van der Waals surface area contributed by atoms with Crippen molar-refractivity contribution in [2.75, 3.05) is 12.0 Å². The summed E-state index contributed by atoms with van der Waals surface area (Å²) in [5.74, 6) is 5.19. The molecule has 0 radical (unpaired) electrons. The van der Waals surface area contributed by atoms with Crippen molar-refractivity contribution in [3.8, 4) is 5.88 Å². The molecular formula is C11H19N5O3. The minimum absolute atomic E-state index is 0.0524. The summed E-state index contributed by atoms with van der Waals surface area (Å²) in [5.41, 5.74) is 1.97. The van der Waals surface area contributed by atoms with Crippen LogP contribution in [0.3, 0.4) is 0 Å². The van der Waals surface area contributed by atoms with E-state index in [-0.39, 0.29) is 17.5 Å². The first-order valence-corrected chi connectivity index (χ1v) is 6.30. The number of anilines is 1. The Bertz CT molecular complexity index is 413. The lowest BCUT2D eigenvalue weighted by molar-refractivity contribution is -0.386. The molecule has 0 aromatic carbocycles. The van der Waals surface area contributed by atoms with Gasteiger partial charge in [0.25, 0.3) is 5.88 Å². The highest BCUT2D eigenvalue weighted by atomic mass is 16.6. The van der Waals surface area contributed by atoms with Crippen molar-refractivity contribution >= 4 is 11.6 Å². The molecule has 0 bridgehead atoms. The molecule has 106 valence electrons. The van der Waals surface area contributed by atoms with Gasteiger partial charge in [0, 0.05) is 0 Å².